The van der Waals surface area contributed by atoms with Crippen molar-refractivity contribution >= 4 is 17.2 Å². The van der Waals surface area contributed by atoms with Crippen molar-refractivity contribution in [2.45, 2.75) is 32.5 Å². The van der Waals surface area contributed by atoms with E-state index in [1.54, 1.807) is 11.1 Å². The van der Waals surface area contributed by atoms with Crippen molar-refractivity contribution in [3.8, 4) is 0 Å². The molecule has 1 amide bonds. The van der Waals surface area contributed by atoms with Gasteiger partial charge in [0.2, 0.25) is 0 Å². The highest BCUT2D eigenvalue weighted by atomic mass is 32.1. The molecule has 1 aromatic rings. The van der Waals surface area contributed by atoms with E-state index in [-0.39, 0.29) is 18.6 Å². The molecule has 2 rings (SSSR count). The van der Waals surface area contributed by atoms with Gasteiger partial charge in [0.1, 0.15) is 4.88 Å². The number of carbonyl (C=O) groups excluding carboxylic acids is 1. The van der Waals surface area contributed by atoms with Crippen LogP contribution in [-0.4, -0.2) is 52.3 Å². The summed E-state index contributed by atoms with van der Waals surface area (Å²) in [6.45, 7) is 6.60. The van der Waals surface area contributed by atoms with E-state index < -0.39 is 5.60 Å². The Hall–Kier alpha value is -0.980. The number of morpholine rings is 1. The highest BCUT2D eigenvalue weighted by Crippen LogP contribution is 2.23. The summed E-state index contributed by atoms with van der Waals surface area (Å²) in [7, 11) is 0. The minimum absolute atomic E-state index is 0.0320. The van der Waals surface area contributed by atoms with E-state index in [0.717, 1.165) is 5.01 Å². The molecule has 18 heavy (non-hydrogen) atoms. The molecule has 1 fully saturated rings. The largest absolute Gasteiger partial charge is 0.394 e. The third-order valence-electron chi connectivity index (χ3n) is 2.80. The maximum atomic E-state index is 12.3. The molecule has 0 aliphatic carbocycles. The number of carbonyl (C=O) groups is 1. The predicted molar refractivity (Wildman–Crippen MR) is 68.8 cm³/mol. The maximum absolute atomic E-state index is 12.3. The van der Waals surface area contributed by atoms with Crippen LogP contribution >= 0.6 is 11.3 Å². The Morgan fingerprint density at radius 1 is 1.72 bits per heavy atom. The lowest BCUT2D eigenvalue weighted by molar-refractivity contribution is -0.139. The second-order valence-electron chi connectivity index (χ2n) is 5.11. The number of nitrogens with zero attached hydrogens (tertiary/aromatic N) is 2. The van der Waals surface area contributed by atoms with Crippen LogP contribution in [0.2, 0.25) is 0 Å². The summed E-state index contributed by atoms with van der Waals surface area (Å²) in [5, 5.41) is 10.1. The van der Waals surface area contributed by atoms with Crippen LogP contribution in [0.25, 0.3) is 0 Å². The molecule has 1 unspecified atom stereocenters. The molecule has 100 valence electrons. The summed E-state index contributed by atoms with van der Waals surface area (Å²) < 4.78 is 5.69. The van der Waals surface area contributed by atoms with Gasteiger partial charge in [0.15, 0.2) is 0 Å². The fourth-order valence-electron chi connectivity index (χ4n) is 2.16. The Labute approximate surface area is 110 Å². The summed E-state index contributed by atoms with van der Waals surface area (Å²) >= 11 is 1.39. The molecular weight excluding hydrogens is 252 g/mol. The first-order valence-electron chi connectivity index (χ1n) is 5.92. The van der Waals surface area contributed by atoms with Crippen LogP contribution in [0.15, 0.2) is 6.20 Å². The summed E-state index contributed by atoms with van der Waals surface area (Å²) in [5.74, 6) is -0.0320. The molecule has 0 saturated carbocycles. The number of aliphatic hydroxyl groups excluding tert-OH is 1. The Morgan fingerprint density at radius 2 is 2.44 bits per heavy atom. The first-order valence-corrected chi connectivity index (χ1v) is 6.73. The number of rotatable bonds is 2. The molecule has 0 aromatic carbocycles. The normalized spacial score (nSPS) is 23.1. The molecule has 1 N–H and O–H groups in total. The second-order valence-corrected chi connectivity index (χ2v) is 6.35. The zero-order valence-electron chi connectivity index (χ0n) is 10.8. The molecule has 0 spiro atoms. The Morgan fingerprint density at radius 3 is 3.00 bits per heavy atom. The molecule has 1 atom stereocenters. The van der Waals surface area contributed by atoms with E-state index in [4.69, 9.17) is 4.74 Å². The van der Waals surface area contributed by atoms with Gasteiger partial charge in [-0.3, -0.25) is 4.79 Å². The molecule has 1 aliphatic rings. The minimum atomic E-state index is -0.430. The number of aryl methyl sites for hydroxylation is 1. The van der Waals surface area contributed by atoms with E-state index in [0.29, 0.717) is 18.0 Å². The quantitative estimate of drug-likeness (QED) is 0.873. The van der Waals surface area contributed by atoms with Crippen LogP contribution in [-0.2, 0) is 4.74 Å². The number of hydrogen-bond donors (Lipinski definition) is 1. The van der Waals surface area contributed by atoms with Gasteiger partial charge in [-0.1, -0.05) is 0 Å². The van der Waals surface area contributed by atoms with Crippen LogP contribution in [0.5, 0.6) is 0 Å². The first-order chi connectivity index (χ1) is 8.41. The first kappa shape index (κ1) is 13.5. The average Bonchev–Trinajstić information content (AvgIpc) is 2.72. The molecule has 2 heterocycles. The van der Waals surface area contributed by atoms with Crippen molar-refractivity contribution in [2.75, 3.05) is 19.7 Å². The van der Waals surface area contributed by atoms with Gasteiger partial charge in [0.25, 0.3) is 5.91 Å². The van der Waals surface area contributed by atoms with Crippen molar-refractivity contribution in [2.24, 2.45) is 0 Å². The van der Waals surface area contributed by atoms with E-state index in [9.17, 15) is 9.90 Å². The number of hydrogen-bond acceptors (Lipinski definition) is 5. The molecular formula is C12H18N2O3S. The van der Waals surface area contributed by atoms with Crippen molar-refractivity contribution in [1.82, 2.24) is 9.88 Å². The molecule has 6 heteroatoms. The van der Waals surface area contributed by atoms with Gasteiger partial charge in [-0.25, -0.2) is 4.98 Å². The van der Waals surface area contributed by atoms with Crippen LogP contribution in [0.4, 0.5) is 0 Å². The third-order valence-corrected chi connectivity index (χ3v) is 3.71. The fraction of sp³-hybridized carbons (Fsp3) is 0.667. The highest BCUT2D eigenvalue weighted by Gasteiger charge is 2.35. The molecule has 1 saturated heterocycles. The van der Waals surface area contributed by atoms with E-state index in [1.807, 2.05) is 20.8 Å². The lowest BCUT2D eigenvalue weighted by atomic mass is 10.1. The maximum Gasteiger partial charge on any atom is 0.265 e. The van der Waals surface area contributed by atoms with Crippen molar-refractivity contribution in [3.63, 3.8) is 0 Å². The number of amides is 1. The Kier molecular flexibility index (Phi) is 3.70. The standard InChI is InChI=1S/C12H18N2O3S/c1-8-13-4-10(18-8)11(16)14-5-9(6-15)17-12(2,3)7-14/h4,9,15H,5-7H2,1-3H3. The average molecular weight is 270 g/mol. The van der Waals surface area contributed by atoms with Crippen LogP contribution in [0.3, 0.4) is 0 Å². The number of ether oxygens (including phenoxy) is 1. The van der Waals surface area contributed by atoms with Gasteiger partial charge >= 0.3 is 0 Å². The second kappa shape index (κ2) is 4.95. The van der Waals surface area contributed by atoms with E-state index in [1.165, 1.54) is 11.3 Å². The molecule has 1 aliphatic heterocycles. The lowest BCUT2D eigenvalue weighted by Gasteiger charge is -2.42. The summed E-state index contributed by atoms with van der Waals surface area (Å²) in [5.41, 5.74) is -0.430. The monoisotopic (exact) mass is 270 g/mol. The van der Waals surface area contributed by atoms with Crippen LogP contribution in [0, 0.1) is 6.92 Å². The van der Waals surface area contributed by atoms with Crippen molar-refractivity contribution < 1.29 is 14.6 Å². The van der Waals surface area contributed by atoms with Gasteiger partial charge in [0, 0.05) is 13.1 Å². The summed E-state index contributed by atoms with van der Waals surface area (Å²) in [6.07, 6.45) is 1.30. The SMILES string of the molecule is Cc1ncc(C(=O)N2CC(CO)OC(C)(C)C2)s1. The fourth-order valence-corrected chi connectivity index (χ4v) is 2.91. The molecule has 5 nitrogen and oxygen atoms in total. The third kappa shape index (κ3) is 2.88. The number of thiazole rings is 1. The minimum Gasteiger partial charge on any atom is -0.394 e. The molecule has 1 aromatic heterocycles. The lowest BCUT2D eigenvalue weighted by Crippen LogP contribution is -2.55. The zero-order valence-corrected chi connectivity index (χ0v) is 11.7. The Balaban J connectivity index is 2.14. The van der Waals surface area contributed by atoms with Gasteiger partial charge in [-0.05, 0) is 20.8 Å². The Bertz CT molecular complexity index is 444. The number of aliphatic hydroxyl groups is 1. The van der Waals surface area contributed by atoms with Gasteiger partial charge in [-0.2, -0.15) is 0 Å². The van der Waals surface area contributed by atoms with Gasteiger partial charge < -0.3 is 14.7 Å². The van der Waals surface area contributed by atoms with Gasteiger partial charge in [-0.15, -0.1) is 11.3 Å². The summed E-state index contributed by atoms with van der Waals surface area (Å²) in [6, 6.07) is 0. The van der Waals surface area contributed by atoms with Crippen molar-refractivity contribution in [1.29, 1.82) is 0 Å². The molecule has 0 radical (unpaired) electrons. The highest BCUT2D eigenvalue weighted by molar-refractivity contribution is 7.13. The van der Waals surface area contributed by atoms with E-state index in [2.05, 4.69) is 4.98 Å². The zero-order chi connectivity index (χ0) is 13.3. The van der Waals surface area contributed by atoms with Crippen molar-refractivity contribution in [3.05, 3.63) is 16.1 Å². The van der Waals surface area contributed by atoms with E-state index >= 15 is 0 Å². The summed E-state index contributed by atoms with van der Waals surface area (Å²) in [4.78, 5) is 18.8. The van der Waals surface area contributed by atoms with Crippen LogP contribution < -0.4 is 0 Å². The molecule has 0 bridgehead atoms. The smallest absolute Gasteiger partial charge is 0.265 e. The van der Waals surface area contributed by atoms with Crippen LogP contribution in [0.1, 0.15) is 28.5 Å². The van der Waals surface area contributed by atoms with Gasteiger partial charge in [0.05, 0.1) is 29.5 Å². The number of aromatic nitrogens is 1. The topological polar surface area (TPSA) is 62.7 Å². The predicted octanol–water partition coefficient (Wildman–Crippen LogP) is 1.06.